The van der Waals surface area contributed by atoms with Gasteiger partial charge in [-0.25, -0.2) is 0 Å². The molecule has 1 rings (SSSR count). The minimum Gasteiger partial charge on any atom is -0.465 e. The summed E-state index contributed by atoms with van der Waals surface area (Å²) in [5, 5.41) is 19.7. The third kappa shape index (κ3) is 4.07. The molecule has 0 N–H and O–H groups in total. The second kappa shape index (κ2) is 7.11. The normalized spacial score (nSPS) is 11.4. The number of ether oxygens (including phenoxy) is 1. The lowest BCUT2D eigenvalue weighted by Crippen LogP contribution is -2.17. The Bertz CT molecular complexity index is 508. The quantitative estimate of drug-likeness (QED) is 0.445. The van der Waals surface area contributed by atoms with Gasteiger partial charge in [-0.3, -0.25) is 14.9 Å². The van der Waals surface area contributed by atoms with E-state index in [2.05, 4.69) is 0 Å². The van der Waals surface area contributed by atoms with E-state index in [1.165, 1.54) is 6.07 Å². The Morgan fingerprint density at radius 2 is 2.21 bits per heavy atom. The average Bonchev–Trinajstić information content (AvgIpc) is 2.40. The van der Waals surface area contributed by atoms with Gasteiger partial charge in [0.1, 0.15) is 5.92 Å². The SMILES string of the molecule is CCOC(=O)C(C#N)CCc1ccccc1[N+](=O)[O-]. The van der Waals surface area contributed by atoms with E-state index < -0.39 is 16.8 Å². The number of nitro groups is 1. The van der Waals surface area contributed by atoms with Crippen LogP contribution in [0.5, 0.6) is 0 Å². The van der Waals surface area contributed by atoms with Crippen LogP contribution in [0.25, 0.3) is 0 Å². The van der Waals surface area contributed by atoms with Crippen LogP contribution >= 0.6 is 0 Å². The van der Waals surface area contributed by atoms with E-state index in [1.54, 1.807) is 25.1 Å². The molecule has 0 bridgehead atoms. The highest BCUT2D eigenvalue weighted by molar-refractivity contribution is 5.75. The van der Waals surface area contributed by atoms with Crippen LogP contribution in [-0.2, 0) is 16.0 Å². The summed E-state index contributed by atoms with van der Waals surface area (Å²) in [7, 11) is 0. The molecule has 0 aliphatic carbocycles. The maximum Gasteiger partial charge on any atom is 0.323 e. The van der Waals surface area contributed by atoms with Gasteiger partial charge >= 0.3 is 5.97 Å². The van der Waals surface area contributed by atoms with Gasteiger partial charge in [-0.1, -0.05) is 18.2 Å². The van der Waals surface area contributed by atoms with Gasteiger partial charge in [-0.15, -0.1) is 0 Å². The van der Waals surface area contributed by atoms with Crippen molar-refractivity contribution in [2.75, 3.05) is 6.61 Å². The van der Waals surface area contributed by atoms with Crippen LogP contribution in [-0.4, -0.2) is 17.5 Å². The molecule has 1 atom stereocenters. The standard InChI is InChI=1S/C13H14N2O4/c1-2-19-13(16)11(9-14)8-7-10-5-3-4-6-12(10)15(17)18/h3-6,11H,2,7-8H2,1H3. The molecular weight excluding hydrogens is 248 g/mol. The van der Waals surface area contributed by atoms with Gasteiger partial charge in [-0.05, 0) is 19.8 Å². The number of carbonyl (C=O) groups is 1. The molecule has 0 fully saturated rings. The summed E-state index contributed by atoms with van der Waals surface area (Å²) < 4.78 is 4.77. The number of rotatable bonds is 6. The molecule has 100 valence electrons. The van der Waals surface area contributed by atoms with Crippen molar-refractivity contribution in [1.29, 1.82) is 5.26 Å². The number of nitriles is 1. The van der Waals surface area contributed by atoms with Gasteiger partial charge < -0.3 is 4.74 Å². The third-order valence-corrected chi connectivity index (χ3v) is 2.62. The van der Waals surface area contributed by atoms with Gasteiger partial charge in [-0.2, -0.15) is 5.26 Å². The van der Waals surface area contributed by atoms with E-state index in [9.17, 15) is 14.9 Å². The summed E-state index contributed by atoms with van der Waals surface area (Å²) in [6, 6.07) is 8.15. The number of carbonyl (C=O) groups excluding carboxylic acids is 1. The fraction of sp³-hybridized carbons (Fsp3) is 0.385. The predicted octanol–water partition coefficient (Wildman–Crippen LogP) is 2.23. The number of hydrogen-bond donors (Lipinski definition) is 0. The topological polar surface area (TPSA) is 93.2 Å². The first kappa shape index (κ1) is 14.6. The highest BCUT2D eigenvalue weighted by Crippen LogP contribution is 2.21. The molecule has 1 unspecified atom stereocenters. The van der Waals surface area contributed by atoms with E-state index in [0.717, 1.165) is 0 Å². The van der Waals surface area contributed by atoms with E-state index in [1.807, 2.05) is 6.07 Å². The molecule has 0 saturated heterocycles. The van der Waals surface area contributed by atoms with Crippen molar-refractivity contribution >= 4 is 11.7 Å². The minimum atomic E-state index is -0.889. The molecule has 0 aromatic heterocycles. The largest absolute Gasteiger partial charge is 0.465 e. The lowest BCUT2D eigenvalue weighted by molar-refractivity contribution is -0.385. The Balaban J connectivity index is 2.73. The molecule has 0 aliphatic heterocycles. The van der Waals surface area contributed by atoms with E-state index in [-0.39, 0.29) is 25.1 Å². The van der Waals surface area contributed by atoms with Crippen molar-refractivity contribution in [3.8, 4) is 6.07 Å². The fourth-order valence-electron chi connectivity index (χ4n) is 1.68. The zero-order chi connectivity index (χ0) is 14.3. The number of nitrogens with zero attached hydrogens (tertiary/aromatic N) is 2. The molecule has 6 nitrogen and oxygen atoms in total. The molecule has 0 radical (unpaired) electrons. The van der Waals surface area contributed by atoms with Crippen LogP contribution in [0.3, 0.4) is 0 Å². The molecule has 0 amide bonds. The summed E-state index contributed by atoms with van der Waals surface area (Å²) in [5.41, 5.74) is 0.514. The van der Waals surface area contributed by atoms with Gasteiger partial charge in [0.15, 0.2) is 0 Å². The van der Waals surface area contributed by atoms with Crippen molar-refractivity contribution in [3.05, 3.63) is 39.9 Å². The Labute approximate surface area is 110 Å². The first-order chi connectivity index (χ1) is 9.10. The first-order valence-corrected chi connectivity index (χ1v) is 5.88. The Kier molecular flexibility index (Phi) is 5.48. The van der Waals surface area contributed by atoms with Crippen molar-refractivity contribution in [1.82, 2.24) is 0 Å². The number of aryl methyl sites for hydroxylation is 1. The van der Waals surface area contributed by atoms with Crippen molar-refractivity contribution < 1.29 is 14.5 Å². The molecule has 0 spiro atoms. The Morgan fingerprint density at radius 3 is 2.79 bits per heavy atom. The highest BCUT2D eigenvalue weighted by Gasteiger charge is 2.21. The first-order valence-electron chi connectivity index (χ1n) is 5.88. The van der Waals surface area contributed by atoms with Crippen LogP contribution < -0.4 is 0 Å². The minimum absolute atomic E-state index is 0.00282. The summed E-state index contributed by atoms with van der Waals surface area (Å²) >= 11 is 0. The summed E-state index contributed by atoms with van der Waals surface area (Å²) in [5.74, 6) is -1.47. The van der Waals surface area contributed by atoms with Gasteiger partial charge in [0.05, 0.1) is 17.6 Å². The number of benzene rings is 1. The van der Waals surface area contributed by atoms with Crippen molar-refractivity contribution in [2.45, 2.75) is 19.8 Å². The molecular formula is C13H14N2O4. The fourth-order valence-corrected chi connectivity index (χ4v) is 1.68. The average molecular weight is 262 g/mol. The van der Waals surface area contributed by atoms with Crippen LogP contribution in [0, 0.1) is 27.4 Å². The lowest BCUT2D eigenvalue weighted by atomic mass is 10.00. The molecule has 19 heavy (non-hydrogen) atoms. The molecule has 0 saturated carbocycles. The van der Waals surface area contributed by atoms with E-state index in [0.29, 0.717) is 5.56 Å². The summed E-state index contributed by atoms with van der Waals surface area (Å²) in [6.07, 6.45) is 0.494. The smallest absolute Gasteiger partial charge is 0.323 e. The third-order valence-electron chi connectivity index (χ3n) is 2.62. The molecule has 0 aliphatic rings. The second-order valence-corrected chi connectivity index (χ2v) is 3.86. The maximum atomic E-state index is 11.4. The number of nitro benzene ring substituents is 1. The van der Waals surface area contributed by atoms with E-state index >= 15 is 0 Å². The Hall–Kier alpha value is -2.42. The second-order valence-electron chi connectivity index (χ2n) is 3.86. The number of para-hydroxylation sites is 1. The summed E-state index contributed by atoms with van der Waals surface area (Å²) in [6.45, 7) is 1.87. The molecule has 1 aromatic carbocycles. The predicted molar refractivity (Wildman–Crippen MR) is 67.2 cm³/mol. The highest BCUT2D eigenvalue weighted by atomic mass is 16.6. The van der Waals surface area contributed by atoms with Crippen LogP contribution in [0.15, 0.2) is 24.3 Å². The van der Waals surface area contributed by atoms with Crippen LogP contribution in [0.4, 0.5) is 5.69 Å². The number of esters is 1. The Morgan fingerprint density at radius 1 is 1.53 bits per heavy atom. The number of hydrogen-bond acceptors (Lipinski definition) is 5. The molecule has 0 heterocycles. The van der Waals surface area contributed by atoms with Gasteiger partial charge in [0.25, 0.3) is 5.69 Å². The van der Waals surface area contributed by atoms with Crippen LogP contribution in [0.2, 0.25) is 0 Å². The van der Waals surface area contributed by atoms with E-state index in [4.69, 9.17) is 10.00 Å². The summed E-state index contributed by atoms with van der Waals surface area (Å²) in [4.78, 5) is 21.8. The van der Waals surface area contributed by atoms with Gasteiger partial charge in [0.2, 0.25) is 0 Å². The zero-order valence-electron chi connectivity index (χ0n) is 10.5. The maximum absolute atomic E-state index is 11.4. The monoisotopic (exact) mass is 262 g/mol. The van der Waals surface area contributed by atoms with Crippen molar-refractivity contribution in [2.24, 2.45) is 5.92 Å². The molecule has 6 heteroatoms. The van der Waals surface area contributed by atoms with Gasteiger partial charge in [0, 0.05) is 11.6 Å². The van der Waals surface area contributed by atoms with Crippen LogP contribution in [0.1, 0.15) is 18.9 Å². The van der Waals surface area contributed by atoms with Crippen molar-refractivity contribution in [3.63, 3.8) is 0 Å². The zero-order valence-corrected chi connectivity index (χ0v) is 10.5. The molecule has 1 aromatic rings. The lowest BCUT2D eigenvalue weighted by Gasteiger charge is -2.08.